The number of nitrogens with zero attached hydrogens (tertiary/aromatic N) is 3. The summed E-state index contributed by atoms with van der Waals surface area (Å²) < 4.78 is 5.45. The minimum absolute atomic E-state index is 0.205. The van der Waals surface area contributed by atoms with Crippen molar-refractivity contribution in [2.75, 3.05) is 39.3 Å². The maximum Gasteiger partial charge on any atom is 0.410 e. The Labute approximate surface area is 179 Å². The fraction of sp³-hybridized carbons (Fsp3) is 0.500. The quantitative estimate of drug-likeness (QED) is 0.712. The van der Waals surface area contributed by atoms with Crippen LogP contribution in [-0.2, 0) is 17.8 Å². The Morgan fingerprint density at radius 3 is 2.77 bits per heavy atom. The summed E-state index contributed by atoms with van der Waals surface area (Å²) in [4.78, 5) is 21.2. The van der Waals surface area contributed by atoms with Gasteiger partial charge in [-0.2, -0.15) is 0 Å². The molecule has 1 saturated heterocycles. The van der Waals surface area contributed by atoms with Gasteiger partial charge in [-0.25, -0.2) is 4.79 Å². The lowest BCUT2D eigenvalue weighted by Gasteiger charge is -2.34. The third kappa shape index (κ3) is 5.58. The first-order chi connectivity index (χ1) is 14.8. The smallest absolute Gasteiger partial charge is 0.410 e. The number of aromatic nitrogens is 1. The van der Waals surface area contributed by atoms with Gasteiger partial charge in [0, 0.05) is 38.4 Å². The molecule has 1 N–H and O–H groups in total. The second-order valence-corrected chi connectivity index (χ2v) is 8.17. The Bertz CT molecular complexity index is 806. The monoisotopic (exact) mass is 408 g/mol. The molecule has 1 aromatic heterocycles. The van der Waals surface area contributed by atoms with E-state index in [4.69, 9.17) is 4.74 Å². The molecule has 4 rings (SSSR count). The van der Waals surface area contributed by atoms with Crippen LogP contribution < -0.4 is 5.32 Å². The lowest BCUT2D eigenvalue weighted by Crippen LogP contribution is -2.49. The minimum atomic E-state index is -0.205. The van der Waals surface area contributed by atoms with Gasteiger partial charge in [-0.1, -0.05) is 36.4 Å². The first kappa shape index (κ1) is 20.8. The summed E-state index contributed by atoms with van der Waals surface area (Å²) in [6.45, 7) is 5.69. The van der Waals surface area contributed by atoms with Crippen molar-refractivity contribution in [2.45, 2.75) is 38.3 Å². The number of piperazine rings is 1. The summed E-state index contributed by atoms with van der Waals surface area (Å²) in [6.07, 6.45) is 6.37. The molecule has 160 valence electrons. The second kappa shape index (κ2) is 10.5. The summed E-state index contributed by atoms with van der Waals surface area (Å²) in [7, 11) is 0. The number of hydrogen-bond acceptors (Lipinski definition) is 5. The molecule has 0 radical (unpaired) electrons. The fourth-order valence-electron chi connectivity index (χ4n) is 4.35. The van der Waals surface area contributed by atoms with Gasteiger partial charge in [0.25, 0.3) is 0 Å². The number of pyridine rings is 1. The van der Waals surface area contributed by atoms with Crippen molar-refractivity contribution in [3.63, 3.8) is 0 Å². The first-order valence-corrected chi connectivity index (χ1v) is 11.1. The van der Waals surface area contributed by atoms with Crippen molar-refractivity contribution in [3.8, 4) is 0 Å². The summed E-state index contributed by atoms with van der Waals surface area (Å²) in [5.41, 5.74) is 3.66. The van der Waals surface area contributed by atoms with E-state index in [1.165, 1.54) is 24.1 Å². The van der Waals surface area contributed by atoms with Crippen molar-refractivity contribution in [1.82, 2.24) is 20.1 Å². The van der Waals surface area contributed by atoms with Crippen LogP contribution in [-0.4, -0.2) is 60.1 Å². The molecular formula is C24H32N4O2. The molecule has 2 aromatic rings. The van der Waals surface area contributed by atoms with Crippen LogP contribution in [0.2, 0.25) is 0 Å². The number of amides is 1. The van der Waals surface area contributed by atoms with E-state index in [-0.39, 0.29) is 6.09 Å². The van der Waals surface area contributed by atoms with Gasteiger partial charge >= 0.3 is 6.09 Å². The maximum absolute atomic E-state index is 12.3. The summed E-state index contributed by atoms with van der Waals surface area (Å²) in [5, 5.41) is 3.70. The molecule has 6 nitrogen and oxygen atoms in total. The van der Waals surface area contributed by atoms with Gasteiger partial charge in [0.05, 0.1) is 5.69 Å². The van der Waals surface area contributed by atoms with Crippen LogP contribution in [0.5, 0.6) is 0 Å². The third-order valence-corrected chi connectivity index (χ3v) is 6.07. The van der Waals surface area contributed by atoms with Gasteiger partial charge in [0.15, 0.2) is 0 Å². The van der Waals surface area contributed by atoms with Gasteiger partial charge < -0.3 is 15.0 Å². The zero-order chi connectivity index (χ0) is 20.6. The van der Waals surface area contributed by atoms with Crippen LogP contribution in [0.4, 0.5) is 4.79 Å². The molecule has 0 saturated carbocycles. The highest BCUT2D eigenvalue weighted by Crippen LogP contribution is 2.27. The largest absolute Gasteiger partial charge is 0.445 e. The lowest BCUT2D eigenvalue weighted by atomic mass is 9.92. The van der Waals surface area contributed by atoms with Gasteiger partial charge in [0.1, 0.15) is 6.61 Å². The number of benzene rings is 1. The number of nitrogens with one attached hydrogen (secondary N) is 1. The predicted molar refractivity (Wildman–Crippen MR) is 117 cm³/mol. The van der Waals surface area contributed by atoms with Crippen LogP contribution in [0.1, 0.15) is 42.1 Å². The molecule has 0 spiro atoms. The molecule has 1 atom stereocenters. The normalized spacial score (nSPS) is 19.3. The Kier molecular flexibility index (Phi) is 7.32. The van der Waals surface area contributed by atoms with Gasteiger partial charge in [-0.05, 0) is 56.0 Å². The Balaban J connectivity index is 1.12. The highest BCUT2D eigenvalue weighted by molar-refractivity contribution is 5.67. The Hall–Kier alpha value is -2.44. The summed E-state index contributed by atoms with van der Waals surface area (Å²) >= 11 is 0. The van der Waals surface area contributed by atoms with Crippen molar-refractivity contribution in [3.05, 3.63) is 65.5 Å². The summed E-state index contributed by atoms with van der Waals surface area (Å²) in [5.74, 6) is 0. The third-order valence-electron chi connectivity index (χ3n) is 6.07. The Morgan fingerprint density at radius 1 is 1.10 bits per heavy atom. The topological polar surface area (TPSA) is 57.7 Å². The van der Waals surface area contributed by atoms with Crippen molar-refractivity contribution < 1.29 is 9.53 Å². The number of hydrogen-bond donors (Lipinski definition) is 1. The van der Waals surface area contributed by atoms with Crippen LogP contribution >= 0.6 is 0 Å². The van der Waals surface area contributed by atoms with Crippen molar-refractivity contribution in [1.29, 1.82) is 0 Å². The van der Waals surface area contributed by atoms with Gasteiger partial charge in [-0.3, -0.25) is 9.88 Å². The van der Waals surface area contributed by atoms with E-state index in [9.17, 15) is 4.79 Å². The van der Waals surface area contributed by atoms with Gasteiger partial charge in [-0.15, -0.1) is 0 Å². The standard InChI is InChI=1S/C24H32N4O2/c29-24(30-19-20-7-2-1-3-8-20)28-17-15-27(16-18-28)14-6-13-25-22-11-4-9-21-10-5-12-26-23(21)22/h1-3,5,7-8,10,12,22,25H,4,6,9,11,13-19H2/t22-/m0/s1. The summed E-state index contributed by atoms with van der Waals surface area (Å²) in [6, 6.07) is 14.5. The van der Waals surface area contributed by atoms with Crippen LogP contribution in [0.25, 0.3) is 0 Å². The Morgan fingerprint density at radius 2 is 1.93 bits per heavy atom. The average molecular weight is 409 g/mol. The molecule has 0 unspecified atom stereocenters. The SMILES string of the molecule is O=C(OCc1ccccc1)N1CCN(CCCN[C@H]2CCCc3cccnc32)CC1. The van der Waals surface area contributed by atoms with E-state index in [0.717, 1.165) is 57.7 Å². The number of rotatable bonds is 7. The van der Waals surface area contributed by atoms with Crippen molar-refractivity contribution >= 4 is 6.09 Å². The highest BCUT2D eigenvalue weighted by atomic mass is 16.6. The van der Waals surface area contributed by atoms with Crippen LogP contribution in [0.15, 0.2) is 48.7 Å². The number of ether oxygens (including phenoxy) is 1. The number of carbonyl (C=O) groups excluding carboxylic acids is 1. The molecule has 6 heteroatoms. The van der Waals surface area contributed by atoms with E-state index in [2.05, 4.69) is 21.3 Å². The van der Waals surface area contributed by atoms with E-state index >= 15 is 0 Å². The molecule has 1 aliphatic heterocycles. The zero-order valence-electron chi connectivity index (χ0n) is 17.6. The molecule has 1 amide bonds. The molecule has 2 aliphatic rings. The molecule has 1 aromatic carbocycles. The average Bonchev–Trinajstić information content (AvgIpc) is 2.81. The minimum Gasteiger partial charge on any atom is -0.445 e. The zero-order valence-corrected chi connectivity index (χ0v) is 17.6. The number of fused-ring (bicyclic) bond motifs is 1. The van der Waals surface area contributed by atoms with Crippen LogP contribution in [0, 0.1) is 0 Å². The van der Waals surface area contributed by atoms with Crippen LogP contribution in [0.3, 0.4) is 0 Å². The van der Waals surface area contributed by atoms with E-state index in [1.54, 1.807) is 0 Å². The lowest BCUT2D eigenvalue weighted by molar-refractivity contribution is 0.0714. The molecule has 1 aliphatic carbocycles. The number of aryl methyl sites for hydroxylation is 1. The maximum atomic E-state index is 12.3. The first-order valence-electron chi connectivity index (χ1n) is 11.1. The molecular weight excluding hydrogens is 376 g/mol. The van der Waals surface area contributed by atoms with E-state index in [0.29, 0.717) is 12.6 Å². The molecule has 2 heterocycles. The highest BCUT2D eigenvalue weighted by Gasteiger charge is 2.23. The predicted octanol–water partition coefficient (Wildman–Crippen LogP) is 3.39. The van der Waals surface area contributed by atoms with E-state index in [1.807, 2.05) is 47.5 Å². The number of carbonyl (C=O) groups is 1. The molecule has 30 heavy (non-hydrogen) atoms. The van der Waals surface area contributed by atoms with E-state index < -0.39 is 0 Å². The van der Waals surface area contributed by atoms with Gasteiger partial charge in [0.2, 0.25) is 0 Å². The molecule has 1 fully saturated rings. The van der Waals surface area contributed by atoms with Crippen molar-refractivity contribution in [2.24, 2.45) is 0 Å². The second-order valence-electron chi connectivity index (χ2n) is 8.17. The fourth-order valence-corrected chi connectivity index (χ4v) is 4.35. The molecule has 0 bridgehead atoms.